The molecular formula is C23H24N2O3. The van der Waals surface area contributed by atoms with Crippen LogP contribution in [0, 0.1) is 13.8 Å². The van der Waals surface area contributed by atoms with Gasteiger partial charge in [-0.2, -0.15) is 0 Å². The molecule has 1 unspecified atom stereocenters. The molecule has 1 aromatic heterocycles. The lowest BCUT2D eigenvalue weighted by Gasteiger charge is -2.14. The van der Waals surface area contributed by atoms with Crippen molar-refractivity contribution in [3.05, 3.63) is 89.2 Å². The number of benzene rings is 2. The highest BCUT2D eigenvalue weighted by molar-refractivity contribution is 5.93. The van der Waals surface area contributed by atoms with Gasteiger partial charge in [0.25, 0.3) is 5.91 Å². The SMILES string of the molecule is Cc1cc(C(=O)OCC(=O)NC(C)c2ccccc2)c(C)n1-c1ccccc1. The van der Waals surface area contributed by atoms with Crippen LogP contribution in [0.15, 0.2) is 66.7 Å². The Kier molecular flexibility index (Phi) is 5.94. The lowest BCUT2D eigenvalue weighted by molar-refractivity contribution is -0.124. The van der Waals surface area contributed by atoms with Crippen LogP contribution in [0.5, 0.6) is 0 Å². The van der Waals surface area contributed by atoms with E-state index < -0.39 is 5.97 Å². The van der Waals surface area contributed by atoms with Gasteiger partial charge in [0, 0.05) is 17.1 Å². The fourth-order valence-corrected chi connectivity index (χ4v) is 3.26. The lowest BCUT2D eigenvalue weighted by Crippen LogP contribution is -2.31. The summed E-state index contributed by atoms with van der Waals surface area (Å²) in [6.07, 6.45) is 0. The van der Waals surface area contributed by atoms with Crippen molar-refractivity contribution in [1.29, 1.82) is 0 Å². The summed E-state index contributed by atoms with van der Waals surface area (Å²) in [5.41, 5.74) is 4.15. The molecule has 3 rings (SSSR count). The van der Waals surface area contributed by atoms with Crippen molar-refractivity contribution in [2.45, 2.75) is 26.8 Å². The molecule has 144 valence electrons. The van der Waals surface area contributed by atoms with E-state index in [1.807, 2.05) is 86.0 Å². The van der Waals surface area contributed by atoms with E-state index in [1.54, 1.807) is 6.07 Å². The van der Waals surface area contributed by atoms with Gasteiger partial charge >= 0.3 is 5.97 Å². The van der Waals surface area contributed by atoms with Gasteiger partial charge in [-0.15, -0.1) is 0 Å². The average Bonchev–Trinajstić information content (AvgIpc) is 3.01. The van der Waals surface area contributed by atoms with Crippen LogP contribution < -0.4 is 5.32 Å². The van der Waals surface area contributed by atoms with E-state index in [-0.39, 0.29) is 18.6 Å². The van der Waals surface area contributed by atoms with Crippen LogP contribution >= 0.6 is 0 Å². The summed E-state index contributed by atoms with van der Waals surface area (Å²) in [4.78, 5) is 24.7. The summed E-state index contributed by atoms with van der Waals surface area (Å²) in [6.45, 7) is 5.38. The van der Waals surface area contributed by atoms with Crippen LogP contribution in [0.4, 0.5) is 0 Å². The molecule has 0 bridgehead atoms. The van der Waals surface area contributed by atoms with Gasteiger partial charge in [-0.3, -0.25) is 4.79 Å². The molecule has 28 heavy (non-hydrogen) atoms. The number of aryl methyl sites for hydroxylation is 1. The lowest BCUT2D eigenvalue weighted by atomic mass is 10.1. The van der Waals surface area contributed by atoms with Crippen molar-refractivity contribution in [3.63, 3.8) is 0 Å². The summed E-state index contributed by atoms with van der Waals surface area (Å²) >= 11 is 0. The number of nitrogens with one attached hydrogen (secondary N) is 1. The van der Waals surface area contributed by atoms with Crippen LogP contribution in [0.2, 0.25) is 0 Å². The first-order chi connectivity index (χ1) is 13.5. The third kappa shape index (κ3) is 4.31. The molecule has 0 aliphatic carbocycles. The molecule has 1 amide bonds. The first-order valence-corrected chi connectivity index (χ1v) is 9.23. The highest BCUT2D eigenvalue weighted by atomic mass is 16.5. The molecule has 0 aliphatic heterocycles. The van der Waals surface area contributed by atoms with Gasteiger partial charge in [-0.25, -0.2) is 4.79 Å². The fourth-order valence-electron chi connectivity index (χ4n) is 3.26. The number of hydrogen-bond acceptors (Lipinski definition) is 3. The van der Waals surface area contributed by atoms with E-state index in [4.69, 9.17) is 4.74 Å². The summed E-state index contributed by atoms with van der Waals surface area (Å²) in [5.74, 6) is -0.834. The predicted octanol–water partition coefficient (Wildman–Crippen LogP) is 4.13. The van der Waals surface area contributed by atoms with Crippen molar-refractivity contribution < 1.29 is 14.3 Å². The van der Waals surface area contributed by atoms with E-state index in [2.05, 4.69) is 5.32 Å². The number of para-hydroxylation sites is 1. The molecule has 1 heterocycles. The number of hydrogen-bond donors (Lipinski definition) is 1. The zero-order valence-corrected chi connectivity index (χ0v) is 16.3. The molecule has 2 aromatic carbocycles. The van der Waals surface area contributed by atoms with Crippen molar-refractivity contribution >= 4 is 11.9 Å². The first-order valence-electron chi connectivity index (χ1n) is 9.23. The van der Waals surface area contributed by atoms with E-state index in [9.17, 15) is 9.59 Å². The minimum absolute atomic E-state index is 0.157. The highest BCUT2D eigenvalue weighted by Gasteiger charge is 2.19. The standard InChI is InChI=1S/C23H24N2O3/c1-16-14-21(18(3)25(16)20-12-8-5-9-13-20)23(27)28-15-22(26)24-17(2)19-10-6-4-7-11-19/h4-14,17H,15H2,1-3H3,(H,24,26). The molecule has 0 saturated carbocycles. The minimum Gasteiger partial charge on any atom is -0.452 e. The Balaban J connectivity index is 1.63. The Hall–Kier alpha value is -3.34. The second kappa shape index (κ2) is 8.57. The maximum absolute atomic E-state index is 12.5. The topological polar surface area (TPSA) is 60.3 Å². The molecule has 0 saturated heterocycles. The van der Waals surface area contributed by atoms with Crippen LogP contribution in [0.25, 0.3) is 5.69 Å². The van der Waals surface area contributed by atoms with Gasteiger partial charge in [0.15, 0.2) is 6.61 Å². The quantitative estimate of drug-likeness (QED) is 0.658. The smallest absolute Gasteiger partial charge is 0.340 e. The Morgan fingerprint density at radius 2 is 1.61 bits per heavy atom. The molecule has 0 radical (unpaired) electrons. The second-order valence-electron chi connectivity index (χ2n) is 6.73. The monoisotopic (exact) mass is 376 g/mol. The number of rotatable bonds is 6. The van der Waals surface area contributed by atoms with E-state index in [1.165, 1.54) is 0 Å². The molecule has 0 aliphatic rings. The zero-order chi connectivity index (χ0) is 20.1. The number of aromatic nitrogens is 1. The first kappa shape index (κ1) is 19.4. The number of esters is 1. The van der Waals surface area contributed by atoms with E-state index in [0.717, 1.165) is 22.6 Å². The number of ether oxygens (including phenoxy) is 1. The summed E-state index contributed by atoms with van der Waals surface area (Å²) in [5, 5.41) is 2.84. The number of amides is 1. The van der Waals surface area contributed by atoms with Gasteiger partial charge in [-0.05, 0) is 44.5 Å². The van der Waals surface area contributed by atoms with Gasteiger partial charge in [0.1, 0.15) is 0 Å². The third-order valence-corrected chi connectivity index (χ3v) is 4.68. The third-order valence-electron chi connectivity index (χ3n) is 4.68. The summed E-state index contributed by atoms with van der Waals surface area (Å²) in [7, 11) is 0. The van der Waals surface area contributed by atoms with Crippen molar-refractivity contribution in [2.24, 2.45) is 0 Å². The van der Waals surface area contributed by atoms with Crippen molar-refractivity contribution in [3.8, 4) is 5.69 Å². The van der Waals surface area contributed by atoms with Crippen LogP contribution in [-0.4, -0.2) is 23.1 Å². The molecule has 1 N–H and O–H groups in total. The molecule has 1 atom stereocenters. The van der Waals surface area contributed by atoms with E-state index in [0.29, 0.717) is 5.56 Å². The van der Waals surface area contributed by atoms with Gasteiger partial charge < -0.3 is 14.6 Å². The largest absolute Gasteiger partial charge is 0.452 e. The minimum atomic E-state index is -0.502. The predicted molar refractivity (Wildman–Crippen MR) is 109 cm³/mol. The molecule has 3 aromatic rings. The second-order valence-corrected chi connectivity index (χ2v) is 6.73. The van der Waals surface area contributed by atoms with Gasteiger partial charge in [0.2, 0.25) is 0 Å². The normalized spacial score (nSPS) is 11.7. The number of nitrogens with zero attached hydrogens (tertiary/aromatic N) is 1. The van der Waals surface area contributed by atoms with Crippen molar-refractivity contribution in [2.75, 3.05) is 6.61 Å². The molecular weight excluding hydrogens is 352 g/mol. The zero-order valence-electron chi connectivity index (χ0n) is 16.3. The molecule has 0 spiro atoms. The Labute approximate surface area is 165 Å². The van der Waals surface area contributed by atoms with Crippen molar-refractivity contribution in [1.82, 2.24) is 9.88 Å². The number of carbonyl (C=O) groups excluding carboxylic acids is 2. The van der Waals surface area contributed by atoms with Gasteiger partial charge in [-0.1, -0.05) is 48.5 Å². The fraction of sp³-hybridized carbons (Fsp3) is 0.217. The molecule has 5 nitrogen and oxygen atoms in total. The van der Waals surface area contributed by atoms with Gasteiger partial charge in [0.05, 0.1) is 11.6 Å². The van der Waals surface area contributed by atoms with Crippen LogP contribution in [0.3, 0.4) is 0 Å². The Morgan fingerprint density at radius 3 is 2.25 bits per heavy atom. The highest BCUT2D eigenvalue weighted by Crippen LogP contribution is 2.21. The molecule has 0 fully saturated rings. The number of carbonyl (C=O) groups is 2. The maximum atomic E-state index is 12.5. The van der Waals surface area contributed by atoms with Crippen LogP contribution in [-0.2, 0) is 9.53 Å². The average molecular weight is 376 g/mol. The van der Waals surface area contributed by atoms with Crippen LogP contribution in [0.1, 0.15) is 40.3 Å². The molecule has 5 heteroatoms. The summed E-state index contributed by atoms with van der Waals surface area (Å²) < 4.78 is 7.24. The maximum Gasteiger partial charge on any atom is 0.340 e. The van der Waals surface area contributed by atoms with E-state index >= 15 is 0 Å². The summed E-state index contributed by atoms with van der Waals surface area (Å²) in [6, 6.07) is 21.1. The Morgan fingerprint density at radius 1 is 1.00 bits per heavy atom. The Bertz CT molecular complexity index is 962.